The number of pyridine rings is 1. The van der Waals surface area contributed by atoms with E-state index in [4.69, 9.17) is 4.74 Å². The molecule has 1 aliphatic heterocycles. The number of rotatable bonds is 7. The number of methoxy groups -OCH3 is 1. The molecule has 35 heavy (non-hydrogen) atoms. The normalized spacial score (nSPS) is 13.9. The van der Waals surface area contributed by atoms with E-state index in [-0.39, 0.29) is 11.7 Å². The fourth-order valence-corrected chi connectivity index (χ4v) is 5.29. The predicted octanol–water partition coefficient (Wildman–Crippen LogP) is 4.83. The minimum absolute atomic E-state index is 0.102. The fourth-order valence-electron chi connectivity index (χ4n) is 4.33. The van der Waals surface area contributed by atoms with Crippen molar-refractivity contribution in [2.75, 3.05) is 38.2 Å². The number of hydrogen-bond donors (Lipinski definition) is 0. The number of nitrogens with zero attached hydrogens (tertiary/aromatic N) is 4. The highest BCUT2D eigenvalue weighted by Crippen LogP contribution is 2.29. The first-order chi connectivity index (χ1) is 17.1. The number of halogens is 1. The van der Waals surface area contributed by atoms with Gasteiger partial charge in [-0.25, -0.2) is 9.37 Å². The van der Waals surface area contributed by atoms with Crippen LogP contribution in [0.4, 0.5) is 10.1 Å². The summed E-state index contributed by atoms with van der Waals surface area (Å²) in [5.41, 5.74) is 3.20. The average Bonchev–Trinajstić information content (AvgIpc) is 3.31. The first-order valence-corrected chi connectivity index (χ1v) is 12.6. The molecule has 0 aliphatic carbocycles. The lowest BCUT2D eigenvalue weighted by Gasteiger charge is -2.36. The Balaban J connectivity index is 1.21. The number of hydrogen-bond acceptors (Lipinski definition) is 5. The summed E-state index contributed by atoms with van der Waals surface area (Å²) >= 11 is 1.69. The third-order valence-electron chi connectivity index (χ3n) is 6.33. The fraction of sp³-hybridized carbons (Fsp3) is 0.259. The number of ether oxygens (including phenoxy) is 1. The van der Waals surface area contributed by atoms with Gasteiger partial charge in [0.25, 0.3) is 0 Å². The first kappa shape index (κ1) is 23.2. The molecule has 2 aromatic carbocycles. The molecule has 4 aromatic rings. The number of piperazine rings is 1. The van der Waals surface area contributed by atoms with E-state index < -0.39 is 0 Å². The van der Waals surface area contributed by atoms with Gasteiger partial charge in [0.1, 0.15) is 23.1 Å². The number of thioether (sulfide) groups is 1. The van der Waals surface area contributed by atoms with Gasteiger partial charge in [-0.2, -0.15) is 0 Å². The number of anilines is 1. The van der Waals surface area contributed by atoms with Gasteiger partial charge in [-0.15, -0.1) is 11.8 Å². The van der Waals surface area contributed by atoms with Crippen molar-refractivity contribution in [1.29, 1.82) is 0 Å². The second-order valence-electron chi connectivity index (χ2n) is 8.47. The largest absolute Gasteiger partial charge is 0.497 e. The summed E-state index contributed by atoms with van der Waals surface area (Å²) in [5.74, 6) is 1.51. The molecular weight excluding hydrogens is 463 g/mol. The van der Waals surface area contributed by atoms with Gasteiger partial charge in [0.05, 0.1) is 12.6 Å². The van der Waals surface area contributed by atoms with Gasteiger partial charge in [-0.1, -0.05) is 12.1 Å². The van der Waals surface area contributed by atoms with Crippen LogP contribution in [0.25, 0.3) is 10.9 Å². The molecule has 3 heterocycles. The summed E-state index contributed by atoms with van der Waals surface area (Å²) in [7, 11) is 1.66. The highest BCUT2D eigenvalue weighted by atomic mass is 32.2. The summed E-state index contributed by atoms with van der Waals surface area (Å²) in [6, 6.07) is 18.6. The highest BCUT2D eigenvalue weighted by Gasteiger charge is 2.22. The van der Waals surface area contributed by atoms with E-state index in [0.717, 1.165) is 46.2 Å². The van der Waals surface area contributed by atoms with E-state index in [0.29, 0.717) is 19.6 Å². The van der Waals surface area contributed by atoms with Crippen molar-refractivity contribution in [2.24, 2.45) is 0 Å². The zero-order valence-corrected chi connectivity index (χ0v) is 20.4. The van der Waals surface area contributed by atoms with Crippen LogP contribution in [0.3, 0.4) is 0 Å². The van der Waals surface area contributed by atoms with Gasteiger partial charge in [-0.05, 0) is 54.1 Å². The molecule has 0 bridgehead atoms. The van der Waals surface area contributed by atoms with Crippen molar-refractivity contribution in [3.63, 3.8) is 0 Å². The molecule has 1 amide bonds. The topological polar surface area (TPSA) is 50.6 Å². The van der Waals surface area contributed by atoms with Gasteiger partial charge in [0, 0.05) is 55.4 Å². The van der Waals surface area contributed by atoms with Gasteiger partial charge >= 0.3 is 0 Å². The summed E-state index contributed by atoms with van der Waals surface area (Å²) in [4.78, 5) is 21.7. The van der Waals surface area contributed by atoms with Crippen molar-refractivity contribution >= 4 is 34.3 Å². The van der Waals surface area contributed by atoms with Gasteiger partial charge in [0.15, 0.2) is 0 Å². The Labute approximate surface area is 208 Å². The standard InChI is InChI=1S/C27H27FN4O2S/c1-34-23-8-2-20(3-9-23)19-35-27-24-11-13-32(25(24)10-12-29-27)18-26(33)31-16-14-30(15-17-31)22-6-4-21(28)5-7-22/h2-13H,14-19H2,1H3. The molecule has 0 radical (unpaired) electrons. The van der Waals surface area contributed by atoms with Crippen LogP contribution < -0.4 is 9.64 Å². The monoisotopic (exact) mass is 490 g/mol. The van der Waals surface area contributed by atoms with Crippen LogP contribution in [-0.4, -0.2) is 53.6 Å². The highest BCUT2D eigenvalue weighted by molar-refractivity contribution is 7.98. The zero-order valence-electron chi connectivity index (χ0n) is 19.6. The second kappa shape index (κ2) is 10.4. The summed E-state index contributed by atoms with van der Waals surface area (Å²) in [6.45, 7) is 3.08. The average molecular weight is 491 g/mol. The Hall–Kier alpha value is -3.52. The molecule has 1 saturated heterocycles. The van der Waals surface area contributed by atoms with Crippen LogP contribution >= 0.6 is 11.8 Å². The molecule has 180 valence electrons. The lowest BCUT2D eigenvalue weighted by Crippen LogP contribution is -2.49. The van der Waals surface area contributed by atoms with Crippen molar-refractivity contribution < 1.29 is 13.9 Å². The number of amides is 1. The lowest BCUT2D eigenvalue weighted by atomic mass is 10.2. The van der Waals surface area contributed by atoms with Crippen LogP contribution in [-0.2, 0) is 17.1 Å². The molecule has 1 fully saturated rings. The van der Waals surface area contributed by atoms with Crippen LogP contribution in [0.2, 0.25) is 0 Å². The molecule has 6 nitrogen and oxygen atoms in total. The Morgan fingerprint density at radius 1 is 1.00 bits per heavy atom. The molecule has 0 spiro atoms. The molecule has 0 unspecified atom stereocenters. The van der Waals surface area contributed by atoms with Gasteiger partial charge < -0.3 is 19.1 Å². The van der Waals surface area contributed by atoms with E-state index in [1.165, 1.54) is 17.7 Å². The maximum atomic E-state index is 13.2. The number of aromatic nitrogens is 2. The smallest absolute Gasteiger partial charge is 0.242 e. The van der Waals surface area contributed by atoms with Crippen LogP contribution in [0, 0.1) is 5.82 Å². The third kappa shape index (κ3) is 5.27. The number of benzene rings is 2. The van der Waals surface area contributed by atoms with Crippen molar-refractivity contribution in [3.05, 3.63) is 84.4 Å². The number of fused-ring (bicyclic) bond motifs is 1. The first-order valence-electron chi connectivity index (χ1n) is 11.6. The van der Waals surface area contributed by atoms with Crippen LogP contribution in [0.15, 0.2) is 78.1 Å². The Bertz CT molecular complexity index is 1300. The number of carbonyl (C=O) groups excluding carboxylic acids is 1. The van der Waals surface area contributed by atoms with Crippen molar-refractivity contribution in [1.82, 2.24) is 14.5 Å². The third-order valence-corrected chi connectivity index (χ3v) is 7.40. The van der Waals surface area contributed by atoms with E-state index >= 15 is 0 Å². The van der Waals surface area contributed by atoms with Crippen molar-refractivity contribution in [3.8, 4) is 5.75 Å². The van der Waals surface area contributed by atoms with Crippen molar-refractivity contribution in [2.45, 2.75) is 17.3 Å². The van der Waals surface area contributed by atoms with Gasteiger partial charge in [0.2, 0.25) is 5.91 Å². The maximum Gasteiger partial charge on any atom is 0.242 e. The quantitative estimate of drug-likeness (QED) is 0.348. The van der Waals surface area contributed by atoms with E-state index in [9.17, 15) is 9.18 Å². The van der Waals surface area contributed by atoms with E-state index in [1.807, 2.05) is 39.9 Å². The Morgan fingerprint density at radius 2 is 1.74 bits per heavy atom. The summed E-state index contributed by atoms with van der Waals surface area (Å²) < 4.78 is 20.4. The number of carbonyl (C=O) groups is 1. The molecular formula is C27H27FN4O2S. The molecule has 0 atom stereocenters. The Kier molecular flexibility index (Phi) is 6.90. The van der Waals surface area contributed by atoms with Gasteiger partial charge in [-0.3, -0.25) is 4.79 Å². The summed E-state index contributed by atoms with van der Waals surface area (Å²) in [5, 5.41) is 2.01. The van der Waals surface area contributed by atoms with Crippen LogP contribution in [0.5, 0.6) is 5.75 Å². The second-order valence-corrected chi connectivity index (χ2v) is 9.44. The summed E-state index contributed by atoms with van der Waals surface area (Å²) in [6.07, 6.45) is 3.78. The zero-order chi connectivity index (χ0) is 24.2. The molecule has 0 N–H and O–H groups in total. The predicted molar refractivity (Wildman–Crippen MR) is 137 cm³/mol. The lowest BCUT2D eigenvalue weighted by molar-refractivity contribution is -0.132. The van der Waals surface area contributed by atoms with Crippen LogP contribution in [0.1, 0.15) is 5.56 Å². The maximum absolute atomic E-state index is 13.2. The molecule has 0 saturated carbocycles. The SMILES string of the molecule is COc1ccc(CSc2nccc3c2ccn3CC(=O)N2CCN(c3ccc(F)cc3)CC2)cc1. The molecule has 1 aliphatic rings. The Morgan fingerprint density at radius 3 is 2.46 bits per heavy atom. The molecule has 2 aromatic heterocycles. The molecule has 8 heteroatoms. The minimum atomic E-state index is -0.237. The van der Waals surface area contributed by atoms with E-state index in [1.54, 1.807) is 37.2 Å². The molecule has 5 rings (SSSR count). The van der Waals surface area contributed by atoms with E-state index in [2.05, 4.69) is 22.0 Å². The minimum Gasteiger partial charge on any atom is -0.497 e.